The lowest BCUT2D eigenvalue weighted by atomic mass is 9.99. The Morgan fingerprint density at radius 3 is 2.59 bits per heavy atom. The van der Waals surface area contributed by atoms with Crippen LogP contribution in [0.15, 0.2) is 36.4 Å². The average molecular weight is 316 g/mol. The molecule has 0 aliphatic heterocycles. The summed E-state index contributed by atoms with van der Waals surface area (Å²) in [6, 6.07) is 10.2. The van der Waals surface area contributed by atoms with Gasteiger partial charge in [-0.15, -0.1) is 0 Å². The number of hydrogen-bond acceptors (Lipinski definition) is 2. The number of nitrogens with zero attached hydrogens (tertiary/aromatic N) is 1. The third kappa shape index (κ3) is 2.58. The van der Waals surface area contributed by atoms with Crippen LogP contribution in [0.4, 0.5) is 4.39 Å². The molecule has 0 unspecified atom stereocenters. The first kappa shape index (κ1) is 14.9. The van der Waals surface area contributed by atoms with Crippen LogP contribution in [-0.2, 0) is 6.61 Å². The maximum atomic E-state index is 13.6. The Hall–Kier alpha value is -1.97. The fraction of sp³-hybridized carbons (Fsp3) is 0.167. The van der Waals surface area contributed by atoms with Crippen LogP contribution in [-0.4, -0.2) is 10.1 Å². The molecule has 2 aromatic carbocycles. The van der Waals surface area contributed by atoms with Crippen molar-refractivity contribution >= 4 is 22.5 Å². The molecule has 112 valence electrons. The lowest BCUT2D eigenvalue weighted by Crippen LogP contribution is -1.96. The van der Waals surface area contributed by atoms with Gasteiger partial charge < -0.3 is 5.11 Å². The monoisotopic (exact) mass is 315 g/mol. The number of aliphatic hydroxyl groups is 1. The number of pyridine rings is 1. The molecule has 1 aromatic heterocycles. The van der Waals surface area contributed by atoms with Crippen molar-refractivity contribution < 1.29 is 9.50 Å². The molecule has 0 amide bonds. The van der Waals surface area contributed by atoms with Crippen molar-refractivity contribution in [1.82, 2.24) is 4.98 Å². The van der Waals surface area contributed by atoms with Gasteiger partial charge in [-0.25, -0.2) is 9.37 Å². The molecule has 22 heavy (non-hydrogen) atoms. The Morgan fingerprint density at radius 1 is 1.14 bits per heavy atom. The zero-order valence-corrected chi connectivity index (χ0v) is 13.1. The lowest BCUT2D eigenvalue weighted by molar-refractivity contribution is 0.281. The van der Waals surface area contributed by atoms with Gasteiger partial charge in [0.15, 0.2) is 0 Å². The molecule has 0 aliphatic carbocycles. The topological polar surface area (TPSA) is 33.1 Å². The van der Waals surface area contributed by atoms with E-state index in [1.54, 1.807) is 6.07 Å². The summed E-state index contributed by atoms with van der Waals surface area (Å²) in [7, 11) is 0. The lowest BCUT2D eigenvalue weighted by Gasteiger charge is -2.11. The quantitative estimate of drug-likeness (QED) is 0.736. The molecule has 2 nitrogen and oxygen atoms in total. The molecule has 0 saturated heterocycles. The van der Waals surface area contributed by atoms with E-state index in [0.717, 1.165) is 27.6 Å². The Morgan fingerprint density at radius 2 is 1.91 bits per heavy atom. The van der Waals surface area contributed by atoms with Crippen molar-refractivity contribution in [2.75, 3.05) is 0 Å². The van der Waals surface area contributed by atoms with E-state index in [4.69, 9.17) is 11.6 Å². The zero-order chi connectivity index (χ0) is 15.9. The van der Waals surface area contributed by atoms with Crippen molar-refractivity contribution in [3.63, 3.8) is 0 Å². The summed E-state index contributed by atoms with van der Waals surface area (Å²) in [5.74, 6) is -0.386. The maximum absolute atomic E-state index is 13.6. The zero-order valence-electron chi connectivity index (χ0n) is 12.3. The van der Waals surface area contributed by atoms with Crippen LogP contribution < -0.4 is 0 Å². The van der Waals surface area contributed by atoms with Gasteiger partial charge in [0.2, 0.25) is 0 Å². The van der Waals surface area contributed by atoms with Gasteiger partial charge in [-0.05, 0) is 54.8 Å². The highest BCUT2D eigenvalue weighted by molar-refractivity contribution is 6.30. The van der Waals surface area contributed by atoms with Gasteiger partial charge in [-0.3, -0.25) is 0 Å². The predicted octanol–water partition coefficient (Wildman–Crippen LogP) is 4.80. The van der Waals surface area contributed by atoms with Crippen LogP contribution in [0.3, 0.4) is 0 Å². The molecule has 0 bridgehead atoms. The van der Waals surface area contributed by atoms with E-state index < -0.39 is 0 Å². The summed E-state index contributed by atoms with van der Waals surface area (Å²) >= 11 is 5.94. The first-order valence-corrected chi connectivity index (χ1v) is 7.34. The minimum atomic E-state index is -0.386. The van der Waals surface area contributed by atoms with Crippen molar-refractivity contribution in [3.8, 4) is 11.3 Å². The number of halogens is 2. The van der Waals surface area contributed by atoms with Gasteiger partial charge >= 0.3 is 0 Å². The van der Waals surface area contributed by atoms with E-state index >= 15 is 0 Å². The van der Waals surface area contributed by atoms with Crippen LogP contribution in [0.25, 0.3) is 22.2 Å². The van der Waals surface area contributed by atoms with Gasteiger partial charge in [-0.1, -0.05) is 23.7 Å². The second-order valence-corrected chi connectivity index (χ2v) is 5.82. The summed E-state index contributed by atoms with van der Waals surface area (Å²) < 4.78 is 13.6. The SMILES string of the molecule is Cc1cc(-c2cc(F)cc(Cl)c2)nc2c(C)c(CO)ccc12. The van der Waals surface area contributed by atoms with E-state index in [9.17, 15) is 9.50 Å². The highest BCUT2D eigenvalue weighted by atomic mass is 35.5. The Kier molecular flexibility index (Phi) is 3.85. The number of aromatic nitrogens is 1. The van der Waals surface area contributed by atoms with E-state index in [2.05, 4.69) is 4.98 Å². The summed E-state index contributed by atoms with van der Waals surface area (Å²) in [4.78, 5) is 4.66. The summed E-state index contributed by atoms with van der Waals surface area (Å²) in [5, 5.41) is 10.8. The second kappa shape index (κ2) is 5.67. The van der Waals surface area contributed by atoms with Crippen LogP contribution in [0.5, 0.6) is 0 Å². The minimum absolute atomic E-state index is 0.0292. The van der Waals surface area contributed by atoms with Crippen LogP contribution in [0.2, 0.25) is 5.02 Å². The van der Waals surface area contributed by atoms with E-state index in [0.29, 0.717) is 16.3 Å². The summed E-state index contributed by atoms with van der Waals surface area (Å²) in [6.45, 7) is 3.90. The summed E-state index contributed by atoms with van der Waals surface area (Å²) in [6.07, 6.45) is 0. The van der Waals surface area contributed by atoms with Crippen LogP contribution >= 0.6 is 11.6 Å². The standard InChI is InChI=1S/C18H15ClFNO/c1-10-5-17(13-6-14(19)8-15(20)7-13)21-18-11(2)12(9-22)3-4-16(10)18/h3-8,22H,9H2,1-2H3. The third-order valence-corrected chi connectivity index (χ3v) is 4.10. The number of aliphatic hydroxyl groups excluding tert-OH is 1. The largest absolute Gasteiger partial charge is 0.392 e. The second-order valence-electron chi connectivity index (χ2n) is 5.39. The van der Waals surface area contributed by atoms with Gasteiger partial charge in [0, 0.05) is 16.0 Å². The minimum Gasteiger partial charge on any atom is -0.392 e. The number of rotatable bonds is 2. The smallest absolute Gasteiger partial charge is 0.125 e. The molecule has 1 heterocycles. The maximum Gasteiger partial charge on any atom is 0.125 e. The van der Waals surface area contributed by atoms with Gasteiger partial charge in [0.05, 0.1) is 17.8 Å². The third-order valence-electron chi connectivity index (χ3n) is 3.88. The van der Waals surface area contributed by atoms with Gasteiger partial charge in [0.1, 0.15) is 5.82 Å². The van der Waals surface area contributed by atoms with Gasteiger partial charge in [-0.2, -0.15) is 0 Å². The molecule has 0 saturated carbocycles. The Labute approximate surface area is 133 Å². The highest BCUT2D eigenvalue weighted by Crippen LogP contribution is 2.29. The van der Waals surface area contributed by atoms with Crippen LogP contribution in [0.1, 0.15) is 16.7 Å². The molecule has 0 radical (unpaired) electrons. The fourth-order valence-electron chi connectivity index (χ4n) is 2.66. The normalized spacial score (nSPS) is 11.1. The predicted molar refractivity (Wildman–Crippen MR) is 87.5 cm³/mol. The Bertz CT molecular complexity index is 856. The fourth-order valence-corrected chi connectivity index (χ4v) is 2.88. The molecule has 0 atom stereocenters. The molecule has 0 spiro atoms. The molecule has 0 aliphatic rings. The van der Waals surface area contributed by atoms with Crippen LogP contribution in [0, 0.1) is 19.7 Å². The van der Waals surface area contributed by atoms with Crippen molar-refractivity contribution in [3.05, 3.63) is 63.9 Å². The first-order valence-electron chi connectivity index (χ1n) is 6.97. The van der Waals surface area contributed by atoms with Crippen molar-refractivity contribution in [2.24, 2.45) is 0 Å². The molecule has 3 rings (SSSR count). The van der Waals surface area contributed by atoms with Crippen molar-refractivity contribution in [1.29, 1.82) is 0 Å². The highest BCUT2D eigenvalue weighted by Gasteiger charge is 2.11. The first-order chi connectivity index (χ1) is 10.5. The van der Waals surface area contributed by atoms with E-state index in [1.165, 1.54) is 12.1 Å². The van der Waals surface area contributed by atoms with Crippen molar-refractivity contribution in [2.45, 2.75) is 20.5 Å². The van der Waals surface area contributed by atoms with E-state index in [-0.39, 0.29) is 12.4 Å². The number of aryl methyl sites for hydroxylation is 2. The molecule has 1 N–H and O–H groups in total. The molecular formula is C18H15ClFNO. The summed E-state index contributed by atoms with van der Waals surface area (Å²) in [5.41, 5.74) is 4.96. The number of benzene rings is 2. The average Bonchev–Trinajstić information content (AvgIpc) is 2.47. The Balaban J connectivity index is 2.29. The number of fused-ring (bicyclic) bond motifs is 1. The number of hydrogen-bond donors (Lipinski definition) is 1. The molecular weight excluding hydrogens is 301 g/mol. The van der Waals surface area contributed by atoms with E-state index in [1.807, 2.05) is 32.0 Å². The molecule has 3 aromatic rings. The van der Waals surface area contributed by atoms with Gasteiger partial charge in [0.25, 0.3) is 0 Å². The molecule has 0 fully saturated rings. The molecule has 4 heteroatoms.